The summed E-state index contributed by atoms with van der Waals surface area (Å²) in [6.07, 6.45) is 5.58. The van der Waals surface area contributed by atoms with Crippen molar-refractivity contribution in [3.63, 3.8) is 0 Å². The lowest BCUT2D eigenvalue weighted by Gasteiger charge is -2.32. The lowest BCUT2D eigenvalue weighted by Crippen LogP contribution is -2.46. The highest BCUT2D eigenvalue weighted by molar-refractivity contribution is 7.86. The fourth-order valence-corrected chi connectivity index (χ4v) is 7.65. The first-order chi connectivity index (χ1) is 26.1. The molecule has 3 atom stereocenters. The number of nitrogens with zero attached hydrogens (tertiary/aromatic N) is 8. The van der Waals surface area contributed by atoms with Gasteiger partial charge in [-0.3, -0.25) is 19.3 Å². The number of aromatic amines is 1. The molecule has 1 unspecified atom stereocenters. The van der Waals surface area contributed by atoms with Crippen LogP contribution in [0.3, 0.4) is 0 Å². The molecule has 2 amide bonds. The zero-order valence-electron chi connectivity index (χ0n) is 29.0. The number of hydrogen-bond acceptors (Lipinski definition) is 13. The molecule has 4 aromatic rings. The smallest absolute Gasteiger partial charge is 0.332 e. The van der Waals surface area contributed by atoms with Gasteiger partial charge in [0, 0.05) is 73.1 Å². The third-order valence-corrected chi connectivity index (χ3v) is 10.8. The molecular formula is C34H38FN11O6S2. The summed E-state index contributed by atoms with van der Waals surface area (Å²) < 4.78 is 41.2. The Morgan fingerprint density at radius 1 is 1.13 bits per heavy atom. The number of aromatic nitrogens is 4. The second kappa shape index (κ2) is 17.7. The average molecular weight is 780 g/mol. The highest BCUT2D eigenvalue weighted by atomic mass is 32.3. The highest BCUT2D eigenvalue weighted by Gasteiger charge is 2.39. The van der Waals surface area contributed by atoms with Gasteiger partial charge in [0.25, 0.3) is 11.5 Å². The van der Waals surface area contributed by atoms with Crippen molar-refractivity contribution in [1.82, 2.24) is 35.1 Å². The van der Waals surface area contributed by atoms with Gasteiger partial charge in [0.1, 0.15) is 11.9 Å². The second-order valence-electron chi connectivity index (χ2n) is 12.8. The molecule has 2 fully saturated rings. The van der Waals surface area contributed by atoms with Crippen LogP contribution in [0, 0.1) is 0 Å². The molecule has 3 N–H and O–H groups in total. The van der Waals surface area contributed by atoms with E-state index in [1.165, 1.54) is 4.90 Å². The lowest BCUT2D eigenvalue weighted by molar-refractivity contribution is -0.125. The third-order valence-electron chi connectivity index (χ3n) is 9.05. The first-order valence-corrected chi connectivity index (χ1v) is 19.5. The average Bonchev–Trinajstić information content (AvgIpc) is 3.86. The van der Waals surface area contributed by atoms with Crippen LogP contribution >= 0.6 is 11.3 Å². The Kier molecular flexibility index (Phi) is 12.6. The van der Waals surface area contributed by atoms with Crippen LogP contribution in [-0.4, -0.2) is 108 Å². The molecule has 0 bridgehead atoms. The van der Waals surface area contributed by atoms with Gasteiger partial charge in [-0.15, -0.1) is 15.2 Å². The van der Waals surface area contributed by atoms with Crippen LogP contribution in [0.1, 0.15) is 46.9 Å². The number of amides is 2. The van der Waals surface area contributed by atoms with Crippen LogP contribution in [0.4, 0.5) is 9.83 Å². The van der Waals surface area contributed by atoms with Gasteiger partial charge in [-0.05, 0) is 67.1 Å². The Labute approximate surface area is 313 Å². The normalized spacial score (nSPS) is 18.9. The van der Waals surface area contributed by atoms with Crippen molar-refractivity contribution >= 4 is 39.3 Å². The Hall–Kier alpha value is -5.27. The quantitative estimate of drug-likeness (QED) is 0.0520. The molecule has 54 heavy (non-hydrogen) atoms. The summed E-state index contributed by atoms with van der Waals surface area (Å²) in [6.45, 7) is 3.39. The maximum absolute atomic E-state index is 13.3. The number of rotatable bonds is 15. The highest BCUT2D eigenvalue weighted by Crippen LogP contribution is 2.28. The van der Waals surface area contributed by atoms with Crippen molar-refractivity contribution < 1.29 is 26.6 Å². The van der Waals surface area contributed by atoms with E-state index in [9.17, 15) is 26.7 Å². The number of thiophene rings is 1. The number of likely N-dealkylation sites (tertiary alicyclic amines) is 2. The summed E-state index contributed by atoms with van der Waals surface area (Å²) >= 11 is 1.56. The largest absolute Gasteiger partial charge is 0.378 e. The van der Waals surface area contributed by atoms with Gasteiger partial charge in [-0.1, -0.05) is 11.2 Å². The molecule has 2 saturated heterocycles. The van der Waals surface area contributed by atoms with Crippen molar-refractivity contribution in [2.75, 3.05) is 51.3 Å². The van der Waals surface area contributed by atoms with Crippen molar-refractivity contribution in [2.24, 2.45) is 5.11 Å². The Balaban J connectivity index is 0.908. The van der Waals surface area contributed by atoms with Crippen LogP contribution in [0.25, 0.3) is 21.0 Å². The second-order valence-corrected chi connectivity index (χ2v) is 15.1. The number of H-pyrrole nitrogens is 1. The lowest BCUT2D eigenvalue weighted by atomic mass is 9.96. The first-order valence-electron chi connectivity index (χ1n) is 17.2. The number of benzene rings is 1. The van der Waals surface area contributed by atoms with Crippen LogP contribution in [0.2, 0.25) is 0 Å². The summed E-state index contributed by atoms with van der Waals surface area (Å²) in [6, 6.07) is 8.13. The van der Waals surface area contributed by atoms with Crippen LogP contribution in [0.15, 0.2) is 75.0 Å². The predicted octanol–water partition coefficient (Wildman–Crippen LogP) is 3.46. The molecule has 0 radical (unpaired) electrons. The standard InChI is InChI=1S/C34H38FN11O6S2/c35-54(50,51)26-7-5-23(6-8-26)33(49)46-21-25(43-44-36)15-28(46)32(48)37-9-12-52-13-10-38-34-39-17-22(18-40-34)19-45-11-1-3-24(20-45)31-41-27(16-30(47)42-31)29-4-2-14-53-29/h2,4-8,14,16-18,24-25,28H,1,3,9-13,15,19-21H2,(H,37,48)(H,38,39,40)(H,41,42,47)/t24?,25-,28-/m0/s1. The number of ether oxygens (including phenoxy) is 1. The molecule has 2 aliphatic rings. The zero-order valence-corrected chi connectivity index (χ0v) is 30.6. The Bertz CT molecular complexity index is 2130. The van der Waals surface area contributed by atoms with Gasteiger partial charge in [0.2, 0.25) is 11.9 Å². The van der Waals surface area contributed by atoms with E-state index in [-0.39, 0.29) is 43.2 Å². The van der Waals surface area contributed by atoms with Crippen LogP contribution in [0.5, 0.6) is 0 Å². The minimum Gasteiger partial charge on any atom is -0.378 e. The number of nitrogens with one attached hydrogen (secondary N) is 3. The number of carbonyl (C=O) groups excluding carboxylic acids is 2. The van der Waals surface area contributed by atoms with E-state index >= 15 is 0 Å². The topological polar surface area (TPSA) is 228 Å². The van der Waals surface area contributed by atoms with Crippen LogP contribution in [-0.2, 0) is 26.3 Å². The molecule has 1 aromatic carbocycles. The van der Waals surface area contributed by atoms with E-state index in [2.05, 4.69) is 40.5 Å². The van der Waals surface area contributed by atoms with Gasteiger partial charge in [-0.25, -0.2) is 15.0 Å². The van der Waals surface area contributed by atoms with Crippen molar-refractivity contribution in [3.05, 3.63) is 98.0 Å². The SMILES string of the molecule is [N-]=[N+]=N[C@H]1C[C@@H](C(=O)NCCOCCNc2ncc(CN3CCCC(c4nc(-c5cccs5)cc(=O)[nH]4)C3)cn2)N(C(=O)c2ccc(S(=O)(=O)F)cc2)C1. The van der Waals surface area contributed by atoms with Gasteiger partial charge < -0.3 is 25.3 Å². The Morgan fingerprint density at radius 3 is 2.63 bits per heavy atom. The molecular weight excluding hydrogens is 742 g/mol. The molecule has 3 aromatic heterocycles. The predicted molar refractivity (Wildman–Crippen MR) is 197 cm³/mol. The number of halogens is 1. The monoisotopic (exact) mass is 779 g/mol. The van der Waals surface area contributed by atoms with Gasteiger partial charge >= 0.3 is 10.2 Å². The van der Waals surface area contributed by atoms with Crippen molar-refractivity contribution in [1.29, 1.82) is 0 Å². The molecule has 6 rings (SSSR count). The maximum atomic E-state index is 13.3. The van der Waals surface area contributed by atoms with E-state index in [1.807, 2.05) is 17.5 Å². The number of carbonyl (C=O) groups is 2. The van der Waals surface area contributed by atoms with E-state index in [1.54, 1.807) is 29.8 Å². The van der Waals surface area contributed by atoms with E-state index in [0.717, 1.165) is 60.6 Å². The van der Waals surface area contributed by atoms with Gasteiger partial charge in [0.15, 0.2) is 0 Å². The molecule has 0 aliphatic carbocycles. The van der Waals surface area contributed by atoms with Crippen molar-refractivity contribution in [3.8, 4) is 10.6 Å². The fourth-order valence-electron chi connectivity index (χ4n) is 6.50. The van der Waals surface area contributed by atoms with Crippen LogP contribution < -0.4 is 16.2 Å². The number of hydrogen-bond donors (Lipinski definition) is 3. The van der Waals surface area contributed by atoms with E-state index < -0.39 is 39.0 Å². The number of azide groups is 1. The summed E-state index contributed by atoms with van der Waals surface area (Å²) in [5.74, 6) is 0.221. The minimum atomic E-state index is -4.94. The minimum absolute atomic E-state index is 0.0135. The summed E-state index contributed by atoms with van der Waals surface area (Å²) in [4.78, 5) is 61.9. The maximum Gasteiger partial charge on any atom is 0.332 e. The molecule has 284 valence electrons. The first kappa shape index (κ1) is 38.5. The Morgan fingerprint density at radius 2 is 1.91 bits per heavy atom. The van der Waals surface area contributed by atoms with E-state index in [4.69, 9.17) is 15.3 Å². The van der Waals surface area contributed by atoms with Gasteiger partial charge in [-0.2, -0.15) is 8.42 Å². The third kappa shape index (κ3) is 10.0. The molecule has 2 aliphatic heterocycles. The molecule has 0 spiro atoms. The molecule has 20 heteroatoms. The molecule has 5 heterocycles. The number of piperidine rings is 1. The van der Waals surface area contributed by atoms with Gasteiger partial charge in [0.05, 0.1) is 34.7 Å². The van der Waals surface area contributed by atoms with Crippen molar-refractivity contribution in [2.45, 2.75) is 48.7 Å². The zero-order chi connectivity index (χ0) is 38.1. The fraction of sp³-hybridized carbons (Fsp3) is 0.412. The number of anilines is 1. The summed E-state index contributed by atoms with van der Waals surface area (Å²) in [5, 5.41) is 11.5. The molecule has 0 saturated carbocycles. The summed E-state index contributed by atoms with van der Waals surface area (Å²) in [7, 11) is -4.94. The van der Waals surface area contributed by atoms with E-state index in [0.29, 0.717) is 37.2 Å². The molecule has 17 nitrogen and oxygen atoms in total. The summed E-state index contributed by atoms with van der Waals surface area (Å²) in [5.41, 5.74) is 10.4.